The molecular formula is C17H14BrN3O. The molecule has 3 heterocycles. The molecule has 0 spiro atoms. The zero-order chi connectivity index (χ0) is 15.1. The van der Waals surface area contributed by atoms with Crippen LogP contribution in [0.15, 0.2) is 53.3 Å². The van der Waals surface area contributed by atoms with Crippen molar-refractivity contribution in [3.63, 3.8) is 0 Å². The third-order valence-electron chi connectivity index (χ3n) is 3.98. The quantitative estimate of drug-likeness (QED) is 0.704. The van der Waals surface area contributed by atoms with E-state index in [4.69, 9.17) is 0 Å². The zero-order valence-corrected chi connectivity index (χ0v) is 13.5. The number of hydrogen-bond donors (Lipinski definition) is 0. The fourth-order valence-corrected chi connectivity index (χ4v) is 3.28. The van der Waals surface area contributed by atoms with Crippen LogP contribution in [0.4, 0.5) is 5.69 Å². The summed E-state index contributed by atoms with van der Waals surface area (Å²) in [7, 11) is 0. The fraction of sp³-hybridized carbons (Fsp3) is 0.176. The number of nitrogens with zero attached hydrogens (tertiary/aromatic N) is 3. The molecule has 1 aliphatic rings. The number of para-hydroxylation sites is 1. The second-order valence-corrected chi connectivity index (χ2v) is 6.37. The van der Waals surface area contributed by atoms with Gasteiger partial charge in [-0.2, -0.15) is 0 Å². The van der Waals surface area contributed by atoms with Crippen LogP contribution in [0.2, 0.25) is 0 Å². The van der Waals surface area contributed by atoms with Crippen molar-refractivity contribution in [1.29, 1.82) is 0 Å². The molecule has 1 amide bonds. The number of halogens is 1. The maximum Gasteiger partial charge on any atom is 0.227 e. The van der Waals surface area contributed by atoms with Gasteiger partial charge in [0.1, 0.15) is 5.65 Å². The van der Waals surface area contributed by atoms with E-state index in [9.17, 15) is 4.79 Å². The Labute approximate surface area is 136 Å². The molecule has 1 aliphatic heterocycles. The molecule has 22 heavy (non-hydrogen) atoms. The molecule has 5 heteroatoms. The van der Waals surface area contributed by atoms with Gasteiger partial charge in [0.25, 0.3) is 0 Å². The molecule has 3 aromatic rings. The highest BCUT2D eigenvalue weighted by atomic mass is 79.9. The Kier molecular flexibility index (Phi) is 3.22. The standard InChI is InChI=1S/C17H14BrN3O/c18-13-6-7-16-19-14(10-20(16)9-13)11-21-15-4-2-1-3-12(15)5-8-17(21)22/h1-4,6-7,9-10H,5,8,11H2. The van der Waals surface area contributed by atoms with Gasteiger partial charge in [-0.05, 0) is 46.1 Å². The molecular weight excluding hydrogens is 342 g/mol. The minimum atomic E-state index is 0.164. The molecule has 0 N–H and O–H groups in total. The first kappa shape index (κ1) is 13.5. The van der Waals surface area contributed by atoms with Crippen LogP contribution in [-0.2, 0) is 17.8 Å². The number of aryl methyl sites for hydroxylation is 1. The summed E-state index contributed by atoms with van der Waals surface area (Å²) in [6.07, 6.45) is 5.34. The predicted octanol–water partition coefficient (Wildman–Crippen LogP) is 3.58. The van der Waals surface area contributed by atoms with Gasteiger partial charge in [0, 0.05) is 29.0 Å². The maximum atomic E-state index is 12.3. The summed E-state index contributed by atoms with van der Waals surface area (Å²) in [5.41, 5.74) is 4.02. The van der Waals surface area contributed by atoms with Crippen LogP contribution in [0.25, 0.3) is 5.65 Å². The Morgan fingerprint density at radius 1 is 1.09 bits per heavy atom. The molecule has 0 saturated carbocycles. The average molecular weight is 356 g/mol. The molecule has 4 nitrogen and oxygen atoms in total. The highest BCUT2D eigenvalue weighted by Gasteiger charge is 2.24. The molecule has 4 rings (SSSR count). The van der Waals surface area contributed by atoms with Crippen LogP contribution in [-0.4, -0.2) is 15.3 Å². The van der Waals surface area contributed by atoms with Crippen LogP contribution >= 0.6 is 15.9 Å². The summed E-state index contributed by atoms with van der Waals surface area (Å²) >= 11 is 3.46. The number of aromatic nitrogens is 2. The number of benzene rings is 1. The van der Waals surface area contributed by atoms with Gasteiger partial charge in [-0.25, -0.2) is 4.98 Å². The van der Waals surface area contributed by atoms with Crippen LogP contribution in [0.5, 0.6) is 0 Å². The monoisotopic (exact) mass is 355 g/mol. The van der Waals surface area contributed by atoms with E-state index < -0.39 is 0 Å². The average Bonchev–Trinajstić information content (AvgIpc) is 2.92. The summed E-state index contributed by atoms with van der Waals surface area (Å²) in [6, 6.07) is 12.0. The van der Waals surface area contributed by atoms with Crippen molar-refractivity contribution in [3.8, 4) is 0 Å². The van der Waals surface area contributed by atoms with Crippen molar-refractivity contribution in [2.75, 3.05) is 4.90 Å². The number of carbonyl (C=O) groups is 1. The normalized spacial score (nSPS) is 14.4. The van der Waals surface area contributed by atoms with Gasteiger partial charge in [0.2, 0.25) is 5.91 Å². The van der Waals surface area contributed by atoms with E-state index in [0.717, 1.165) is 27.9 Å². The van der Waals surface area contributed by atoms with E-state index in [-0.39, 0.29) is 5.91 Å². The van der Waals surface area contributed by atoms with E-state index >= 15 is 0 Å². The first-order valence-corrected chi connectivity index (χ1v) is 8.01. The summed E-state index contributed by atoms with van der Waals surface area (Å²) in [5.74, 6) is 0.164. The van der Waals surface area contributed by atoms with E-state index in [1.807, 2.05) is 52.0 Å². The van der Waals surface area contributed by atoms with Crippen LogP contribution < -0.4 is 4.90 Å². The predicted molar refractivity (Wildman–Crippen MR) is 88.8 cm³/mol. The lowest BCUT2D eigenvalue weighted by Crippen LogP contribution is -2.34. The Balaban J connectivity index is 1.71. The highest BCUT2D eigenvalue weighted by molar-refractivity contribution is 9.10. The van der Waals surface area contributed by atoms with Gasteiger partial charge < -0.3 is 9.30 Å². The van der Waals surface area contributed by atoms with E-state index in [1.165, 1.54) is 5.56 Å². The van der Waals surface area contributed by atoms with E-state index in [0.29, 0.717) is 13.0 Å². The molecule has 2 aromatic heterocycles. The number of carbonyl (C=O) groups excluding carboxylic acids is 1. The summed E-state index contributed by atoms with van der Waals surface area (Å²) in [5, 5.41) is 0. The van der Waals surface area contributed by atoms with Crippen molar-refractivity contribution >= 4 is 33.2 Å². The lowest BCUT2D eigenvalue weighted by atomic mass is 10.0. The number of hydrogen-bond acceptors (Lipinski definition) is 2. The van der Waals surface area contributed by atoms with Crippen LogP contribution in [0.3, 0.4) is 0 Å². The second-order valence-electron chi connectivity index (χ2n) is 5.45. The van der Waals surface area contributed by atoms with Crippen molar-refractivity contribution in [2.24, 2.45) is 0 Å². The number of pyridine rings is 1. The minimum absolute atomic E-state index is 0.164. The van der Waals surface area contributed by atoms with Gasteiger partial charge in [0.15, 0.2) is 0 Å². The lowest BCUT2D eigenvalue weighted by Gasteiger charge is -2.28. The van der Waals surface area contributed by atoms with Gasteiger partial charge in [-0.3, -0.25) is 4.79 Å². The minimum Gasteiger partial charge on any atom is -0.306 e. The number of fused-ring (bicyclic) bond motifs is 2. The fourth-order valence-electron chi connectivity index (χ4n) is 2.93. The smallest absolute Gasteiger partial charge is 0.227 e. The van der Waals surface area contributed by atoms with Crippen molar-refractivity contribution in [2.45, 2.75) is 19.4 Å². The van der Waals surface area contributed by atoms with Crippen LogP contribution in [0, 0.1) is 0 Å². The Hall–Kier alpha value is -2.14. The third-order valence-corrected chi connectivity index (χ3v) is 4.45. The Morgan fingerprint density at radius 3 is 2.86 bits per heavy atom. The molecule has 0 radical (unpaired) electrons. The molecule has 110 valence electrons. The van der Waals surface area contributed by atoms with Gasteiger partial charge >= 0.3 is 0 Å². The van der Waals surface area contributed by atoms with E-state index in [1.54, 1.807) is 0 Å². The largest absolute Gasteiger partial charge is 0.306 e. The Morgan fingerprint density at radius 2 is 1.95 bits per heavy atom. The maximum absolute atomic E-state index is 12.3. The van der Waals surface area contributed by atoms with Gasteiger partial charge in [0.05, 0.1) is 12.2 Å². The summed E-state index contributed by atoms with van der Waals surface area (Å²) in [6.45, 7) is 0.509. The molecule has 1 aromatic carbocycles. The molecule has 0 unspecified atom stereocenters. The van der Waals surface area contributed by atoms with Crippen molar-refractivity contribution in [3.05, 3.63) is 64.5 Å². The van der Waals surface area contributed by atoms with Gasteiger partial charge in [-0.1, -0.05) is 18.2 Å². The molecule has 0 bridgehead atoms. The number of rotatable bonds is 2. The topological polar surface area (TPSA) is 37.6 Å². The first-order valence-electron chi connectivity index (χ1n) is 7.22. The molecule has 0 fully saturated rings. The molecule has 0 aliphatic carbocycles. The first-order chi connectivity index (χ1) is 10.7. The van der Waals surface area contributed by atoms with Crippen LogP contribution in [0.1, 0.15) is 17.7 Å². The summed E-state index contributed by atoms with van der Waals surface area (Å²) < 4.78 is 2.98. The molecule has 0 saturated heterocycles. The SMILES string of the molecule is O=C1CCc2ccccc2N1Cc1cn2cc(Br)ccc2n1. The van der Waals surface area contributed by atoms with E-state index in [2.05, 4.69) is 27.0 Å². The zero-order valence-electron chi connectivity index (χ0n) is 11.9. The molecule has 0 atom stereocenters. The van der Waals surface area contributed by atoms with Gasteiger partial charge in [-0.15, -0.1) is 0 Å². The third kappa shape index (κ3) is 2.31. The Bertz CT molecular complexity index is 871. The highest BCUT2D eigenvalue weighted by Crippen LogP contribution is 2.28. The lowest BCUT2D eigenvalue weighted by molar-refractivity contribution is -0.119. The number of amides is 1. The second kappa shape index (κ2) is 5.25. The van der Waals surface area contributed by atoms with Crippen molar-refractivity contribution < 1.29 is 4.79 Å². The number of imidazole rings is 1. The number of anilines is 1. The van der Waals surface area contributed by atoms with Crippen molar-refractivity contribution in [1.82, 2.24) is 9.38 Å². The summed E-state index contributed by atoms with van der Waals surface area (Å²) in [4.78, 5) is 18.8.